The Morgan fingerprint density at radius 2 is 1.49 bits per heavy atom. The van der Waals surface area contributed by atoms with E-state index in [1.807, 2.05) is 48.5 Å². The number of aliphatic hydroxyl groups is 1. The fraction of sp³-hybridized carbons (Fsp3) is 0.429. The number of hydroxylamine groups is 1. The van der Waals surface area contributed by atoms with Gasteiger partial charge in [-0.25, -0.2) is 5.48 Å². The van der Waals surface area contributed by atoms with Crippen molar-refractivity contribution in [1.29, 1.82) is 0 Å². The molecule has 0 radical (unpaired) electrons. The molecule has 3 atom stereocenters. The molecule has 0 bridgehead atoms. The molecule has 5 rings (SSSR count). The molecule has 2 fully saturated rings. The Kier molecular flexibility index (Phi) is 12.1. The highest BCUT2D eigenvalue weighted by Gasteiger charge is 2.34. The maximum Gasteiger partial charge on any atom is 0.243 e. The van der Waals surface area contributed by atoms with Crippen molar-refractivity contribution in [1.82, 2.24) is 15.3 Å². The number of carbonyl (C=O) groups is 2. The summed E-state index contributed by atoms with van der Waals surface area (Å²) in [6.45, 7) is 5.71. The van der Waals surface area contributed by atoms with E-state index in [9.17, 15) is 14.7 Å². The van der Waals surface area contributed by atoms with Crippen molar-refractivity contribution in [2.75, 3.05) is 38.0 Å². The Morgan fingerprint density at radius 3 is 2.20 bits per heavy atom. The third-order valence-corrected chi connectivity index (χ3v) is 8.42. The van der Waals surface area contributed by atoms with E-state index >= 15 is 0 Å². The zero-order valence-electron chi connectivity index (χ0n) is 25.6. The molecule has 45 heavy (non-hydrogen) atoms. The summed E-state index contributed by atoms with van der Waals surface area (Å²) in [5.74, 6) is -0.602. The quantitative estimate of drug-likeness (QED) is 0.125. The van der Waals surface area contributed by atoms with E-state index in [1.165, 1.54) is 5.56 Å². The van der Waals surface area contributed by atoms with Gasteiger partial charge in [-0.1, -0.05) is 66.7 Å². The molecule has 10 heteroatoms. The number of nitrogens with zero attached hydrogens (tertiary/aromatic N) is 2. The van der Waals surface area contributed by atoms with Crippen LogP contribution in [0.15, 0.2) is 78.9 Å². The molecule has 3 aromatic carbocycles. The molecule has 2 aliphatic heterocycles. The molecule has 240 valence electrons. The molecule has 0 aromatic heterocycles. The highest BCUT2D eigenvalue weighted by Crippen LogP contribution is 2.38. The molecule has 0 unspecified atom stereocenters. The largest absolute Gasteiger partial charge is 0.392 e. The summed E-state index contributed by atoms with van der Waals surface area (Å²) in [5, 5.41) is 21.1. The van der Waals surface area contributed by atoms with Crippen LogP contribution < -0.4 is 10.8 Å². The summed E-state index contributed by atoms with van der Waals surface area (Å²) in [7, 11) is 0. The van der Waals surface area contributed by atoms with Crippen LogP contribution in [0, 0.1) is 0 Å². The van der Waals surface area contributed by atoms with Gasteiger partial charge in [-0.15, -0.1) is 0 Å². The van der Waals surface area contributed by atoms with Gasteiger partial charge in [0.15, 0.2) is 6.29 Å². The number of carbonyl (C=O) groups excluding carboxylic acids is 2. The van der Waals surface area contributed by atoms with E-state index in [0.717, 1.165) is 56.0 Å². The zero-order chi connectivity index (χ0) is 31.4. The van der Waals surface area contributed by atoms with E-state index in [-0.39, 0.29) is 37.6 Å². The highest BCUT2D eigenvalue weighted by molar-refractivity contribution is 5.90. The van der Waals surface area contributed by atoms with Gasteiger partial charge in [-0.2, -0.15) is 0 Å². The molecule has 2 aliphatic rings. The Labute approximate surface area is 264 Å². The third-order valence-electron chi connectivity index (χ3n) is 8.42. The predicted octanol–water partition coefficient (Wildman–Crippen LogP) is 4.55. The van der Waals surface area contributed by atoms with E-state index in [0.29, 0.717) is 24.9 Å². The highest BCUT2D eigenvalue weighted by atomic mass is 16.7. The van der Waals surface area contributed by atoms with E-state index in [4.69, 9.17) is 14.7 Å². The van der Waals surface area contributed by atoms with Crippen LogP contribution in [0.25, 0.3) is 0 Å². The Bertz CT molecular complexity index is 1360. The number of nitrogens with one attached hydrogen (secondary N) is 2. The second kappa shape index (κ2) is 16.6. The smallest absolute Gasteiger partial charge is 0.243 e. The number of rotatable bonds is 13. The molecular weight excluding hydrogens is 572 g/mol. The lowest BCUT2D eigenvalue weighted by atomic mass is 9.99. The van der Waals surface area contributed by atoms with Gasteiger partial charge in [0.05, 0.1) is 18.8 Å². The first kappa shape index (κ1) is 32.7. The van der Waals surface area contributed by atoms with E-state index in [1.54, 1.807) is 5.48 Å². The number of unbranched alkanes of at least 4 members (excludes halogenated alkanes) is 1. The molecule has 0 spiro atoms. The summed E-state index contributed by atoms with van der Waals surface area (Å²) < 4.78 is 13.1. The normalized spacial score (nSPS) is 20.9. The maximum absolute atomic E-state index is 12.6. The number of amides is 2. The Hall–Kier alpha value is -3.64. The summed E-state index contributed by atoms with van der Waals surface area (Å²) >= 11 is 0. The molecule has 2 heterocycles. The first-order valence-electron chi connectivity index (χ1n) is 15.8. The molecule has 10 nitrogen and oxygen atoms in total. The average molecular weight is 617 g/mol. The minimum atomic E-state index is -0.612. The molecular formula is C35H44N4O6. The van der Waals surface area contributed by atoms with E-state index in [2.05, 4.69) is 45.4 Å². The third kappa shape index (κ3) is 9.92. The summed E-state index contributed by atoms with van der Waals surface area (Å²) in [6, 6.07) is 26.0. The number of hydrogen-bond acceptors (Lipinski definition) is 8. The van der Waals surface area contributed by atoms with Crippen molar-refractivity contribution in [3.05, 3.63) is 101 Å². The van der Waals surface area contributed by atoms with Crippen molar-refractivity contribution in [2.45, 2.75) is 63.8 Å². The van der Waals surface area contributed by atoms with Crippen LogP contribution in [0.5, 0.6) is 0 Å². The van der Waals surface area contributed by atoms with Gasteiger partial charge >= 0.3 is 0 Å². The molecule has 2 amide bonds. The number of anilines is 1. The van der Waals surface area contributed by atoms with Crippen LogP contribution in [0.4, 0.5) is 5.69 Å². The number of hydrogen-bond donors (Lipinski definition) is 4. The average Bonchev–Trinajstić information content (AvgIpc) is 3.08. The fourth-order valence-electron chi connectivity index (χ4n) is 5.91. The van der Waals surface area contributed by atoms with Crippen molar-refractivity contribution >= 4 is 17.5 Å². The number of aliphatic hydroxyl groups excluding tert-OH is 1. The van der Waals surface area contributed by atoms with Gasteiger partial charge in [-0.05, 0) is 41.7 Å². The van der Waals surface area contributed by atoms with Gasteiger partial charge in [0.1, 0.15) is 0 Å². The molecule has 0 aliphatic carbocycles. The second-order valence-electron chi connectivity index (χ2n) is 11.8. The fourth-order valence-corrected chi connectivity index (χ4v) is 5.91. The second-order valence-corrected chi connectivity index (χ2v) is 11.8. The molecule has 3 aromatic rings. The minimum Gasteiger partial charge on any atom is -0.392 e. The van der Waals surface area contributed by atoms with Gasteiger partial charge in [0.2, 0.25) is 11.8 Å². The first-order valence-corrected chi connectivity index (χ1v) is 15.8. The van der Waals surface area contributed by atoms with Crippen molar-refractivity contribution in [3.8, 4) is 0 Å². The van der Waals surface area contributed by atoms with Crippen LogP contribution in [0.1, 0.15) is 66.8 Å². The Morgan fingerprint density at radius 1 is 0.778 bits per heavy atom. The lowest BCUT2D eigenvalue weighted by molar-refractivity contribution is -0.253. The Balaban J connectivity index is 1.21. The minimum absolute atomic E-state index is 0.00702. The van der Waals surface area contributed by atoms with Gasteiger partial charge < -0.3 is 19.9 Å². The van der Waals surface area contributed by atoms with Gasteiger partial charge in [0.25, 0.3) is 0 Å². The van der Waals surface area contributed by atoms with Gasteiger partial charge in [-0.3, -0.25) is 24.6 Å². The topological polar surface area (TPSA) is 124 Å². The standard InChI is InChI=1S/C35H44N4O6/c40-25-27-13-15-28(16-14-27)32-22-31(24-39-19-17-38(18-20-39)23-26-7-2-1-3-8-26)44-35(45-32)29-9-6-10-30(21-29)36-33(41)11-4-5-12-34(42)37-43/h1-3,6-10,13-16,21,31-32,35,40,43H,4-5,11-12,17-20,22-25H2,(H,36,41)(H,37,42)/t31-,32+,35+/m0/s1. The summed E-state index contributed by atoms with van der Waals surface area (Å²) in [6.07, 6.45) is 1.34. The monoisotopic (exact) mass is 616 g/mol. The van der Waals surface area contributed by atoms with E-state index < -0.39 is 12.2 Å². The number of piperazine rings is 1. The van der Waals surface area contributed by atoms with Crippen LogP contribution in [-0.4, -0.2) is 70.8 Å². The molecule has 4 N–H and O–H groups in total. The van der Waals surface area contributed by atoms with Crippen molar-refractivity contribution < 1.29 is 29.4 Å². The van der Waals surface area contributed by atoms with Crippen LogP contribution in [0.2, 0.25) is 0 Å². The summed E-state index contributed by atoms with van der Waals surface area (Å²) in [5.41, 5.74) is 6.31. The lowest BCUT2D eigenvalue weighted by Gasteiger charge is -2.41. The van der Waals surface area contributed by atoms with Crippen molar-refractivity contribution in [3.63, 3.8) is 0 Å². The zero-order valence-corrected chi connectivity index (χ0v) is 25.6. The molecule has 0 saturated carbocycles. The van der Waals surface area contributed by atoms with Crippen LogP contribution in [0.3, 0.4) is 0 Å². The van der Waals surface area contributed by atoms with Gasteiger partial charge in [0, 0.05) is 69.8 Å². The van der Waals surface area contributed by atoms with Crippen LogP contribution >= 0.6 is 0 Å². The summed E-state index contributed by atoms with van der Waals surface area (Å²) in [4.78, 5) is 28.7. The number of ether oxygens (including phenoxy) is 2. The number of benzene rings is 3. The molecule has 2 saturated heterocycles. The SMILES string of the molecule is O=C(CCCCC(=O)Nc1cccc([C@@H]2O[C@H](CN3CCN(Cc4ccccc4)CC3)C[C@H](c3ccc(CO)cc3)O2)c1)NO. The maximum atomic E-state index is 12.6. The van der Waals surface area contributed by atoms with Crippen LogP contribution in [-0.2, 0) is 32.2 Å². The predicted molar refractivity (Wildman–Crippen MR) is 170 cm³/mol. The van der Waals surface area contributed by atoms with Crippen molar-refractivity contribution in [2.24, 2.45) is 0 Å². The lowest BCUT2D eigenvalue weighted by Crippen LogP contribution is -2.49. The first-order chi connectivity index (χ1) is 22.0.